The molecule has 0 amide bonds. The molecule has 1 aromatic carbocycles. The highest BCUT2D eigenvalue weighted by molar-refractivity contribution is 7.90. The number of hydrogen-bond acceptors (Lipinski definition) is 7. The fourth-order valence-corrected chi connectivity index (χ4v) is 3.73. The molecule has 130 valence electrons. The third-order valence-electron chi connectivity index (χ3n) is 4.09. The normalized spacial score (nSPS) is 16.2. The summed E-state index contributed by atoms with van der Waals surface area (Å²) in [5.41, 5.74) is 1.43. The fourth-order valence-electron chi connectivity index (χ4n) is 2.74. The lowest BCUT2D eigenvalue weighted by Crippen LogP contribution is -2.14. The first-order valence-electron chi connectivity index (χ1n) is 7.88. The van der Waals surface area contributed by atoms with E-state index in [9.17, 15) is 8.42 Å². The SMILES string of the molecule is Cc1ccc(NCc2noc(C3CCOCC3)n2)cc1S(C)(=O)=O. The Labute approximate surface area is 141 Å². The molecular weight excluding hydrogens is 330 g/mol. The Morgan fingerprint density at radius 1 is 1.29 bits per heavy atom. The quantitative estimate of drug-likeness (QED) is 0.883. The smallest absolute Gasteiger partial charge is 0.229 e. The van der Waals surface area contributed by atoms with Crippen LogP contribution in [0, 0.1) is 6.92 Å². The number of nitrogens with zero attached hydrogens (tertiary/aromatic N) is 2. The van der Waals surface area contributed by atoms with Crippen LogP contribution < -0.4 is 5.32 Å². The van der Waals surface area contributed by atoms with E-state index in [2.05, 4.69) is 15.5 Å². The number of ether oxygens (including phenoxy) is 1. The van der Waals surface area contributed by atoms with Gasteiger partial charge in [-0.1, -0.05) is 11.2 Å². The van der Waals surface area contributed by atoms with Crippen molar-refractivity contribution >= 4 is 15.5 Å². The van der Waals surface area contributed by atoms with Crippen molar-refractivity contribution in [2.24, 2.45) is 0 Å². The zero-order valence-corrected chi connectivity index (χ0v) is 14.6. The summed E-state index contributed by atoms with van der Waals surface area (Å²) in [5.74, 6) is 1.46. The maximum absolute atomic E-state index is 11.8. The van der Waals surface area contributed by atoms with E-state index in [0.717, 1.165) is 31.6 Å². The molecule has 7 nitrogen and oxygen atoms in total. The van der Waals surface area contributed by atoms with Crippen LogP contribution in [0.15, 0.2) is 27.6 Å². The van der Waals surface area contributed by atoms with Gasteiger partial charge in [-0.3, -0.25) is 0 Å². The van der Waals surface area contributed by atoms with Gasteiger partial charge in [0, 0.05) is 31.1 Å². The second-order valence-corrected chi connectivity index (χ2v) is 8.03. The van der Waals surface area contributed by atoms with Crippen LogP contribution in [0.4, 0.5) is 5.69 Å². The summed E-state index contributed by atoms with van der Waals surface area (Å²) in [6, 6.07) is 5.25. The molecule has 1 fully saturated rings. The first-order valence-corrected chi connectivity index (χ1v) is 9.77. The molecule has 1 aliphatic heterocycles. The van der Waals surface area contributed by atoms with Crippen molar-refractivity contribution in [3.05, 3.63) is 35.5 Å². The van der Waals surface area contributed by atoms with Crippen molar-refractivity contribution in [2.75, 3.05) is 24.8 Å². The van der Waals surface area contributed by atoms with Gasteiger partial charge in [-0.15, -0.1) is 0 Å². The molecule has 0 atom stereocenters. The average Bonchev–Trinajstić information content (AvgIpc) is 3.03. The molecule has 0 saturated carbocycles. The predicted molar refractivity (Wildman–Crippen MR) is 88.7 cm³/mol. The van der Waals surface area contributed by atoms with Gasteiger partial charge in [0.1, 0.15) is 0 Å². The lowest BCUT2D eigenvalue weighted by Gasteiger charge is -2.17. The topological polar surface area (TPSA) is 94.3 Å². The summed E-state index contributed by atoms with van der Waals surface area (Å²) in [6.45, 7) is 3.59. The van der Waals surface area contributed by atoms with Crippen molar-refractivity contribution in [2.45, 2.75) is 37.1 Å². The number of aromatic nitrogens is 2. The van der Waals surface area contributed by atoms with Crippen LogP contribution in [0.1, 0.15) is 36.0 Å². The fraction of sp³-hybridized carbons (Fsp3) is 0.500. The molecule has 2 heterocycles. The molecule has 1 aromatic heterocycles. The minimum Gasteiger partial charge on any atom is -0.381 e. The molecule has 1 saturated heterocycles. The van der Waals surface area contributed by atoms with Gasteiger partial charge in [0.05, 0.1) is 11.4 Å². The molecule has 1 aliphatic rings. The Morgan fingerprint density at radius 2 is 2.04 bits per heavy atom. The number of anilines is 1. The molecule has 8 heteroatoms. The highest BCUT2D eigenvalue weighted by Crippen LogP contribution is 2.25. The summed E-state index contributed by atoms with van der Waals surface area (Å²) in [6.07, 6.45) is 2.99. The third-order valence-corrected chi connectivity index (χ3v) is 5.33. The molecule has 2 aromatic rings. The third kappa shape index (κ3) is 3.93. The van der Waals surface area contributed by atoms with Crippen LogP contribution in [0.25, 0.3) is 0 Å². The molecule has 0 unspecified atom stereocenters. The highest BCUT2D eigenvalue weighted by Gasteiger charge is 2.22. The average molecular weight is 351 g/mol. The molecule has 0 spiro atoms. The first-order chi connectivity index (χ1) is 11.4. The zero-order chi connectivity index (χ0) is 17.2. The van der Waals surface area contributed by atoms with Gasteiger partial charge >= 0.3 is 0 Å². The second-order valence-electron chi connectivity index (χ2n) is 6.04. The van der Waals surface area contributed by atoms with E-state index < -0.39 is 9.84 Å². The van der Waals surface area contributed by atoms with Crippen molar-refractivity contribution in [1.29, 1.82) is 0 Å². The van der Waals surface area contributed by atoms with E-state index in [4.69, 9.17) is 9.26 Å². The minimum atomic E-state index is -3.25. The summed E-state index contributed by atoms with van der Waals surface area (Å²) < 4.78 is 34.2. The van der Waals surface area contributed by atoms with E-state index in [1.165, 1.54) is 6.26 Å². The van der Waals surface area contributed by atoms with Crippen LogP contribution in [0.3, 0.4) is 0 Å². The standard InChI is InChI=1S/C16H21N3O4S/c1-11-3-4-13(9-14(11)24(2,20)21)17-10-15-18-16(23-19-15)12-5-7-22-8-6-12/h3-4,9,12,17H,5-8,10H2,1-2H3. The molecule has 3 rings (SSSR count). The van der Waals surface area contributed by atoms with Crippen LogP contribution in [0.2, 0.25) is 0 Å². The largest absolute Gasteiger partial charge is 0.381 e. The molecule has 0 aliphatic carbocycles. The number of benzene rings is 1. The number of rotatable bonds is 5. The zero-order valence-electron chi connectivity index (χ0n) is 13.8. The van der Waals surface area contributed by atoms with E-state index in [0.29, 0.717) is 28.8 Å². The number of aryl methyl sites for hydroxylation is 1. The van der Waals surface area contributed by atoms with Crippen LogP contribution >= 0.6 is 0 Å². The van der Waals surface area contributed by atoms with E-state index in [1.54, 1.807) is 19.1 Å². The van der Waals surface area contributed by atoms with Gasteiger partial charge in [-0.05, 0) is 37.5 Å². The molecule has 24 heavy (non-hydrogen) atoms. The van der Waals surface area contributed by atoms with Crippen LogP contribution in [-0.2, 0) is 21.1 Å². The van der Waals surface area contributed by atoms with Crippen molar-refractivity contribution in [3.8, 4) is 0 Å². The van der Waals surface area contributed by atoms with Crippen molar-refractivity contribution < 1.29 is 17.7 Å². The monoisotopic (exact) mass is 351 g/mol. The van der Waals surface area contributed by atoms with Gasteiger partial charge in [0.15, 0.2) is 15.7 Å². The number of nitrogens with one attached hydrogen (secondary N) is 1. The van der Waals surface area contributed by atoms with Gasteiger partial charge in [0.25, 0.3) is 0 Å². The highest BCUT2D eigenvalue weighted by atomic mass is 32.2. The maximum Gasteiger partial charge on any atom is 0.229 e. The second kappa shape index (κ2) is 6.90. The summed E-state index contributed by atoms with van der Waals surface area (Å²) in [7, 11) is -3.25. The lowest BCUT2D eigenvalue weighted by atomic mass is 10.0. The van der Waals surface area contributed by atoms with E-state index in [1.807, 2.05) is 6.07 Å². The number of sulfone groups is 1. The van der Waals surface area contributed by atoms with Crippen molar-refractivity contribution in [3.63, 3.8) is 0 Å². The van der Waals surface area contributed by atoms with Gasteiger partial charge in [-0.25, -0.2) is 8.42 Å². The number of hydrogen-bond donors (Lipinski definition) is 1. The first kappa shape index (κ1) is 16.9. The Morgan fingerprint density at radius 3 is 2.75 bits per heavy atom. The summed E-state index contributed by atoms with van der Waals surface area (Å²) in [5, 5.41) is 7.13. The Hall–Kier alpha value is -1.93. The molecule has 0 bridgehead atoms. The van der Waals surface area contributed by atoms with Gasteiger partial charge in [-0.2, -0.15) is 4.98 Å². The Kier molecular flexibility index (Phi) is 4.86. The van der Waals surface area contributed by atoms with E-state index >= 15 is 0 Å². The van der Waals surface area contributed by atoms with Crippen LogP contribution in [0.5, 0.6) is 0 Å². The van der Waals surface area contributed by atoms with Gasteiger partial charge in [0.2, 0.25) is 5.89 Å². The Bertz CT molecular complexity index is 810. The van der Waals surface area contributed by atoms with Crippen molar-refractivity contribution in [1.82, 2.24) is 10.1 Å². The lowest BCUT2D eigenvalue weighted by molar-refractivity contribution is 0.0778. The summed E-state index contributed by atoms with van der Waals surface area (Å²) >= 11 is 0. The molecular formula is C16H21N3O4S. The van der Waals surface area contributed by atoms with Gasteiger partial charge < -0.3 is 14.6 Å². The van der Waals surface area contributed by atoms with Crippen LogP contribution in [-0.4, -0.2) is 38.0 Å². The van der Waals surface area contributed by atoms with E-state index in [-0.39, 0.29) is 5.92 Å². The molecule has 0 radical (unpaired) electrons. The maximum atomic E-state index is 11.8. The molecule has 1 N–H and O–H groups in total. The summed E-state index contributed by atoms with van der Waals surface area (Å²) in [4.78, 5) is 4.75. The Balaban J connectivity index is 1.67. The minimum absolute atomic E-state index is 0.260. The predicted octanol–water partition coefficient (Wildman–Crippen LogP) is 2.29.